The van der Waals surface area contributed by atoms with E-state index in [4.69, 9.17) is 4.74 Å². The lowest BCUT2D eigenvalue weighted by atomic mass is 10.2. The van der Waals surface area contributed by atoms with Crippen LogP contribution in [0.2, 0.25) is 0 Å². The van der Waals surface area contributed by atoms with Crippen molar-refractivity contribution in [2.24, 2.45) is 0 Å². The lowest BCUT2D eigenvalue weighted by Crippen LogP contribution is -2.27. The van der Waals surface area contributed by atoms with Crippen molar-refractivity contribution in [2.45, 2.75) is 11.4 Å². The summed E-state index contributed by atoms with van der Waals surface area (Å²) in [5.74, 6) is -0.437. The number of benzene rings is 1. The maximum Gasteiger partial charge on any atom is 0.256 e. The number of rotatable bonds is 10. The number of methoxy groups -OCH3 is 1. The Balaban J connectivity index is 2.13. The zero-order chi connectivity index (χ0) is 20.7. The summed E-state index contributed by atoms with van der Waals surface area (Å²) in [6.07, 6.45) is 3.27. The van der Waals surface area contributed by atoms with Gasteiger partial charge in [-0.05, 0) is 48.2 Å². The first kappa shape index (κ1) is 22.5. The van der Waals surface area contributed by atoms with Gasteiger partial charge in [-0.25, -0.2) is 13.1 Å². The topological polar surface area (TPSA) is 106 Å². The van der Waals surface area contributed by atoms with E-state index in [1.807, 2.05) is 19.0 Å². The Morgan fingerprint density at radius 2 is 2.11 bits per heavy atom. The van der Waals surface area contributed by atoms with Crippen LogP contribution >= 0.6 is 15.9 Å². The predicted molar refractivity (Wildman–Crippen MR) is 110 cm³/mol. The highest BCUT2D eigenvalue weighted by atomic mass is 79.9. The number of carbonyl (C=O) groups excluding carboxylic acids is 1. The number of sulfonamides is 1. The lowest BCUT2D eigenvalue weighted by molar-refractivity contribution is 0.102. The van der Waals surface area contributed by atoms with Crippen LogP contribution in [0.15, 0.2) is 40.0 Å². The van der Waals surface area contributed by atoms with Crippen molar-refractivity contribution < 1.29 is 17.9 Å². The molecule has 2 rings (SSSR count). The van der Waals surface area contributed by atoms with Gasteiger partial charge in [0.15, 0.2) is 0 Å². The van der Waals surface area contributed by atoms with Gasteiger partial charge in [0.05, 0.1) is 35.5 Å². The largest absolute Gasteiger partial charge is 0.383 e. The van der Waals surface area contributed by atoms with Crippen LogP contribution < -0.4 is 10.0 Å². The fraction of sp³-hybridized carbons (Fsp3) is 0.412. The molecule has 1 amide bonds. The minimum atomic E-state index is -3.74. The Morgan fingerprint density at radius 3 is 2.79 bits per heavy atom. The Hall–Kier alpha value is -1.79. The summed E-state index contributed by atoms with van der Waals surface area (Å²) in [7, 11) is 1.68. The third-order valence-corrected chi connectivity index (χ3v) is 5.91. The highest BCUT2D eigenvalue weighted by molar-refractivity contribution is 9.10. The first-order valence-electron chi connectivity index (χ1n) is 8.49. The standard InChI is InChI=1S/C17H24BrN5O4S/c1-22(2)7-8-23-12-13(11-19-23)21-17(24)15-10-14(4-5-16(15)18)28(25,26)20-6-9-27-3/h4-5,10-12,20H,6-9H2,1-3H3,(H,21,24). The number of carbonyl (C=O) groups is 1. The van der Waals surface area contributed by atoms with E-state index in [1.54, 1.807) is 17.1 Å². The molecule has 0 saturated carbocycles. The van der Waals surface area contributed by atoms with Crippen LogP contribution in [0.3, 0.4) is 0 Å². The van der Waals surface area contributed by atoms with Crippen LogP contribution in [0.4, 0.5) is 5.69 Å². The molecule has 28 heavy (non-hydrogen) atoms. The Morgan fingerprint density at radius 1 is 1.36 bits per heavy atom. The molecular weight excluding hydrogens is 450 g/mol. The average molecular weight is 474 g/mol. The molecule has 0 saturated heterocycles. The summed E-state index contributed by atoms with van der Waals surface area (Å²) >= 11 is 3.30. The van der Waals surface area contributed by atoms with Crippen molar-refractivity contribution in [1.29, 1.82) is 0 Å². The van der Waals surface area contributed by atoms with Gasteiger partial charge in [0.25, 0.3) is 5.91 Å². The van der Waals surface area contributed by atoms with Crippen LogP contribution in [0.5, 0.6) is 0 Å². The van der Waals surface area contributed by atoms with Crippen molar-refractivity contribution in [3.05, 3.63) is 40.6 Å². The van der Waals surface area contributed by atoms with Gasteiger partial charge in [-0.2, -0.15) is 5.10 Å². The fourth-order valence-corrected chi connectivity index (χ4v) is 3.72. The van der Waals surface area contributed by atoms with E-state index in [-0.39, 0.29) is 23.6 Å². The van der Waals surface area contributed by atoms with Gasteiger partial charge >= 0.3 is 0 Å². The van der Waals surface area contributed by atoms with E-state index >= 15 is 0 Å². The Kier molecular flexibility index (Phi) is 8.13. The molecule has 0 bridgehead atoms. The second kappa shape index (κ2) is 10.1. The number of aromatic nitrogens is 2. The number of nitrogens with one attached hydrogen (secondary N) is 2. The minimum Gasteiger partial charge on any atom is -0.383 e. The summed E-state index contributed by atoms with van der Waals surface area (Å²) < 4.78 is 34.2. The molecule has 0 atom stereocenters. The quantitative estimate of drug-likeness (QED) is 0.505. The van der Waals surface area contributed by atoms with E-state index in [1.165, 1.54) is 25.3 Å². The van der Waals surface area contributed by atoms with E-state index in [0.717, 1.165) is 6.54 Å². The molecule has 2 aromatic rings. The summed E-state index contributed by atoms with van der Waals surface area (Å²) in [5.41, 5.74) is 0.734. The number of halogens is 1. The van der Waals surface area contributed by atoms with Crippen LogP contribution in [0.25, 0.3) is 0 Å². The molecular formula is C17H24BrN5O4S. The fourth-order valence-electron chi connectivity index (χ4n) is 2.26. The summed E-state index contributed by atoms with van der Waals surface area (Å²) in [6.45, 7) is 1.90. The maximum absolute atomic E-state index is 12.6. The van der Waals surface area contributed by atoms with Gasteiger partial charge in [-0.1, -0.05) is 0 Å². The number of amides is 1. The Bertz CT molecular complexity index is 914. The molecule has 0 fully saturated rings. The first-order valence-corrected chi connectivity index (χ1v) is 10.8. The zero-order valence-corrected chi connectivity index (χ0v) is 18.4. The zero-order valence-electron chi connectivity index (χ0n) is 16.0. The molecule has 1 aromatic carbocycles. The summed E-state index contributed by atoms with van der Waals surface area (Å²) in [4.78, 5) is 14.7. The molecule has 154 valence electrons. The summed E-state index contributed by atoms with van der Waals surface area (Å²) in [5, 5.41) is 6.94. The average Bonchev–Trinajstić information content (AvgIpc) is 3.07. The van der Waals surface area contributed by atoms with Gasteiger partial charge in [0.2, 0.25) is 10.0 Å². The van der Waals surface area contributed by atoms with E-state index in [2.05, 4.69) is 31.1 Å². The highest BCUT2D eigenvalue weighted by Gasteiger charge is 2.18. The van der Waals surface area contributed by atoms with E-state index in [9.17, 15) is 13.2 Å². The molecule has 0 spiro atoms. The maximum atomic E-state index is 12.6. The number of ether oxygens (including phenoxy) is 1. The SMILES string of the molecule is COCCNS(=O)(=O)c1ccc(Br)c(C(=O)Nc2cnn(CCN(C)C)c2)c1. The lowest BCUT2D eigenvalue weighted by Gasteiger charge is -2.10. The van der Waals surface area contributed by atoms with E-state index < -0.39 is 15.9 Å². The monoisotopic (exact) mass is 473 g/mol. The highest BCUT2D eigenvalue weighted by Crippen LogP contribution is 2.22. The predicted octanol–water partition coefficient (Wildman–Crippen LogP) is 1.38. The number of hydrogen-bond donors (Lipinski definition) is 2. The van der Waals surface area contributed by atoms with Gasteiger partial charge in [0.1, 0.15) is 0 Å². The van der Waals surface area contributed by atoms with Crippen LogP contribution in [0.1, 0.15) is 10.4 Å². The molecule has 9 nitrogen and oxygen atoms in total. The number of hydrogen-bond acceptors (Lipinski definition) is 6. The molecule has 0 unspecified atom stereocenters. The van der Waals surface area contributed by atoms with E-state index in [0.29, 0.717) is 16.7 Å². The van der Waals surface area contributed by atoms with Crippen LogP contribution in [-0.2, 0) is 21.3 Å². The second-order valence-corrected chi connectivity index (χ2v) is 8.90. The van der Waals surface area contributed by atoms with Gasteiger partial charge in [-0.15, -0.1) is 0 Å². The number of nitrogens with zero attached hydrogens (tertiary/aromatic N) is 3. The summed E-state index contributed by atoms with van der Waals surface area (Å²) in [6, 6.07) is 4.28. The molecule has 1 aromatic heterocycles. The molecule has 0 aliphatic rings. The molecule has 0 aliphatic carbocycles. The van der Waals surface area contributed by atoms with Crippen molar-refractivity contribution in [3.8, 4) is 0 Å². The first-order chi connectivity index (χ1) is 13.2. The Labute approximate surface area is 173 Å². The molecule has 0 radical (unpaired) electrons. The third kappa shape index (κ3) is 6.38. The molecule has 11 heteroatoms. The van der Waals surface area contributed by atoms with Crippen molar-refractivity contribution in [1.82, 2.24) is 19.4 Å². The van der Waals surface area contributed by atoms with Crippen molar-refractivity contribution in [2.75, 3.05) is 46.2 Å². The van der Waals surface area contributed by atoms with Crippen molar-refractivity contribution in [3.63, 3.8) is 0 Å². The molecule has 0 aliphatic heterocycles. The normalized spacial score (nSPS) is 11.8. The molecule has 2 N–H and O–H groups in total. The van der Waals surface area contributed by atoms with Crippen molar-refractivity contribution >= 4 is 37.5 Å². The minimum absolute atomic E-state index is 0.00127. The number of anilines is 1. The van der Waals surface area contributed by atoms with Gasteiger partial charge < -0.3 is 15.0 Å². The van der Waals surface area contributed by atoms with Gasteiger partial charge in [0, 0.05) is 30.9 Å². The second-order valence-electron chi connectivity index (χ2n) is 6.28. The number of likely N-dealkylation sites (N-methyl/N-ethyl adjacent to an activating group) is 1. The van der Waals surface area contributed by atoms with Crippen LogP contribution in [-0.4, -0.2) is 69.9 Å². The third-order valence-electron chi connectivity index (χ3n) is 3.76. The smallest absolute Gasteiger partial charge is 0.256 e. The molecule has 1 heterocycles. The van der Waals surface area contributed by atoms with Crippen LogP contribution in [0, 0.1) is 0 Å². The van der Waals surface area contributed by atoms with Gasteiger partial charge in [-0.3, -0.25) is 9.48 Å².